The van der Waals surface area contributed by atoms with Crippen LogP contribution < -0.4 is 5.32 Å². The number of hydrogen-bond acceptors (Lipinski definition) is 5. The van der Waals surface area contributed by atoms with Gasteiger partial charge in [0.25, 0.3) is 0 Å². The molecule has 0 fully saturated rings. The van der Waals surface area contributed by atoms with Crippen molar-refractivity contribution in [2.45, 2.75) is 328 Å². The molecule has 0 aromatic carbocycles. The Morgan fingerprint density at radius 1 is 0.418 bits per heavy atom. The van der Waals surface area contributed by atoms with Gasteiger partial charge in [-0.3, -0.25) is 9.59 Å². The molecule has 0 aliphatic carbocycles. The average Bonchev–Trinajstić information content (AvgIpc) is 3.33. The first-order valence-corrected chi connectivity index (χ1v) is 29.8. The Morgan fingerprint density at radius 2 is 0.746 bits per heavy atom. The van der Waals surface area contributed by atoms with Crippen molar-refractivity contribution >= 4 is 11.9 Å². The van der Waals surface area contributed by atoms with E-state index in [9.17, 15) is 19.8 Å². The smallest absolute Gasteiger partial charge is 0.305 e. The summed E-state index contributed by atoms with van der Waals surface area (Å²) in [5.41, 5.74) is 0. The number of ether oxygens (including phenoxy) is 1. The topological polar surface area (TPSA) is 95.9 Å². The molecule has 0 aliphatic heterocycles. The van der Waals surface area contributed by atoms with Crippen LogP contribution in [-0.4, -0.2) is 47.4 Å². The fourth-order valence-corrected chi connectivity index (χ4v) is 9.08. The molecule has 67 heavy (non-hydrogen) atoms. The number of amides is 1. The summed E-state index contributed by atoms with van der Waals surface area (Å²) in [7, 11) is 0. The molecule has 2 atom stereocenters. The zero-order valence-electron chi connectivity index (χ0n) is 44.9. The van der Waals surface area contributed by atoms with E-state index in [2.05, 4.69) is 43.5 Å². The molecule has 0 aromatic rings. The average molecular weight is 943 g/mol. The third kappa shape index (κ3) is 53.3. The first kappa shape index (κ1) is 65.1. The number of carbonyl (C=O) groups is 2. The summed E-state index contributed by atoms with van der Waals surface area (Å²) in [5, 5.41) is 23.2. The van der Waals surface area contributed by atoms with Crippen LogP contribution in [0.5, 0.6) is 0 Å². The van der Waals surface area contributed by atoms with Crippen molar-refractivity contribution in [1.82, 2.24) is 5.32 Å². The number of unbranched alkanes of at least 4 members (excludes halogenated alkanes) is 40. The van der Waals surface area contributed by atoms with Gasteiger partial charge in [0.2, 0.25) is 5.91 Å². The molecule has 3 N–H and O–H groups in total. The lowest BCUT2D eigenvalue weighted by atomic mass is 10.0. The summed E-state index contributed by atoms with van der Waals surface area (Å²) >= 11 is 0. The number of rotatable bonds is 55. The molecule has 6 heteroatoms. The van der Waals surface area contributed by atoms with Gasteiger partial charge in [-0.2, -0.15) is 0 Å². The molecule has 0 saturated carbocycles. The number of allylic oxidation sites excluding steroid dienone is 5. The van der Waals surface area contributed by atoms with Crippen LogP contribution in [0, 0.1) is 0 Å². The summed E-state index contributed by atoms with van der Waals surface area (Å²) in [6.07, 6.45) is 70.2. The van der Waals surface area contributed by atoms with E-state index in [0.717, 1.165) is 64.2 Å². The molecule has 0 aromatic heterocycles. The van der Waals surface area contributed by atoms with E-state index in [1.807, 2.05) is 6.08 Å². The van der Waals surface area contributed by atoms with Gasteiger partial charge in [0.05, 0.1) is 25.4 Å². The van der Waals surface area contributed by atoms with Gasteiger partial charge in [-0.25, -0.2) is 0 Å². The lowest BCUT2D eigenvalue weighted by molar-refractivity contribution is -0.143. The first-order valence-electron chi connectivity index (χ1n) is 29.8. The third-order valence-electron chi connectivity index (χ3n) is 13.7. The van der Waals surface area contributed by atoms with Gasteiger partial charge < -0.3 is 20.3 Å². The summed E-state index contributed by atoms with van der Waals surface area (Å²) in [6.45, 7) is 4.86. The summed E-state index contributed by atoms with van der Waals surface area (Å²) in [4.78, 5) is 24.6. The van der Waals surface area contributed by atoms with E-state index in [-0.39, 0.29) is 18.5 Å². The van der Waals surface area contributed by atoms with Crippen LogP contribution in [0.3, 0.4) is 0 Å². The van der Waals surface area contributed by atoms with E-state index in [4.69, 9.17) is 4.74 Å². The van der Waals surface area contributed by atoms with Crippen molar-refractivity contribution in [3.05, 3.63) is 36.5 Å². The van der Waals surface area contributed by atoms with Crippen molar-refractivity contribution in [2.75, 3.05) is 13.2 Å². The van der Waals surface area contributed by atoms with Crippen molar-refractivity contribution in [3.8, 4) is 0 Å². The standard InChI is InChI=1S/C61H115NO5/c1-3-5-7-9-11-13-15-17-19-21-23-24-25-27-29-33-37-41-45-49-53-59(64)58(57-63)62-60(65)54-50-46-42-38-34-31-32-36-40-44-48-52-56-67-61(66)55-51-47-43-39-35-30-28-26-22-20-18-16-14-12-10-8-6-4-2/h14,16,20,22,49,53,58-59,63-64H,3-13,15,17-19,21,23-48,50-52,54-57H2,1-2H3,(H,62,65)/b16-14-,22-20-,53-49+. The monoisotopic (exact) mass is 942 g/mol. The predicted octanol–water partition coefficient (Wildman–Crippen LogP) is 18.4. The van der Waals surface area contributed by atoms with Crippen molar-refractivity contribution in [2.24, 2.45) is 0 Å². The second-order valence-electron chi connectivity index (χ2n) is 20.3. The van der Waals surface area contributed by atoms with Gasteiger partial charge in [0.1, 0.15) is 0 Å². The summed E-state index contributed by atoms with van der Waals surface area (Å²) < 4.78 is 5.48. The lowest BCUT2D eigenvalue weighted by Gasteiger charge is -2.20. The quantitative estimate of drug-likeness (QED) is 0.0321. The number of hydrogen-bond donors (Lipinski definition) is 3. The highest BCUT2D eigenvalue weighted by Crippen LogP contribution is 2.17. The molecule has 0 radical (unpaired) electrons. The normalized spacial score (nSPS) is 12.8. The van der Waals surface area contributed by atoms with Gasteiger partial charge in [0, 0.05) is 12.8 Å². The lowest BCUT2D eigenvalue weighted by Crippen LogP contribution is -2.45. The van der Waals surface area contributed by atoms with Crippen molar-refractivity contribution in [1.29, 1.82) is 0 Å². The first-order chi connectivity index (χ1) is 33.0. The minimum Gasteiger partial charge on any atom is -0.466 e. The Labute approximate surface area is 417 Å². The molecule has 394 valence electrons. The molecule has 0 bridgehead atoms. The zero-order valence-corrected chi connectivity index (χ0v) is 44.9. The maximum Gasteiger partial charge on any atom is 0.305 e. The van der Waals surface area contributed by atoms with E-state index in [1.54, 1.807) is 6.08 Å². The SMILES string of the molecule is CCCCCC/C=C\C/C=C\CCCCCCCCCC(=O)OCCCCCCCCCCCCCCC(=O)NC(CO)C(O)/C=C/CCCCCCCCCCCCCCCCCCCC. The molecule has 0 aliphatic rings. The molecular weight excluding hydrogens is 827 g/mol. The second-order valence-corrected chi connectivity index (χ2v) is 20.3. The molecule has 0 heterocycles. The van der Waals surface area contributed by atoms with Crippen molar-refractivity contribution < 1.29 is 24.5 Å². The highest BCUT2D eigenvalue weighted by atomic mass is 16.5. The predicted molar refractivity (Wildman–Crippen MR) is 292 cm³/mol. The van der Waals surface area contributed by atoms with Crippen molar-refractivity contribution in [3.63, 3.8) is 0 Å². The van der Waals surface area contributed by atoms with Gasteiger partial charge in [-0.1, -0.05) is 275 Å². The number of carbonyl (C=O) groups excluding carboxylic acids is 2. The van der Waals surface area contributed by atoms with Gasteiger partial charge in [-0.05, 0) is 64.2 Å². The second kappa shape index (κ2) is 56.7. The largest absolute Gasteiger partial charge is 0.466 e. The Kier molecular flexibility index (Phi) is 55.0. The van der Waals surface area contributed by atoms with Crippen LogP contribution in [-0.2, 0) is 14.3 Å². The van der Waals surface area contributed by atoms with Gasteiger partial charge in [-0.15, -0.1) is 0 Å². The minimum absolute atomic E-state index is 0.0178. The van der Waals surface area contributed by atoms with Gasteiger partial charge in [0.15, 0.2) is 0 Å². The van der Waals surface area contributed by atoms with Crippen LogP contribution in [0.15, 0.2) is 36.5 Å². The maximum absolute atomic E-state index is 12.5. The summed E-state index contributed by atoms with van der Waals surface area (Å²) in [6, 6.07) is -0.641. The van der Waals surface area contributed by atoms with Crippen LogP contribution in [0.1, 0.15) is 316 Å². The Morgan fingerprint density at radius 3 is 1.15 bits per heavy atom. The summed E-state index contributed by atoms with van der Waals surface area (Å²) in [5.74, 6) is -0.0998. The van der Waals surface area contributed by atoms with E-state index >= 15 is 0 Å². The molecule has 0 spiro atoms. The van der Waals surface area contributed by atoms with Crippen LogP contribution >= 0.6 is 0 Å². The number of aliphatic hydroxyl groups is 2. The highest BCUT2D eigenvalue weighted by Gasteiger charge is 2.18. The fraction of sp³-hybridized carbons (Fsp3) is 0.869. The zero-order chi connectivity index (χ0) is 48.6. The van der Waals surface area contributed by atoms with Gasteiger partial charge >= 0.3 is 5.97 Å². The fourth-order valence-electron chi connectivity index (χ4n) is 9.08. The molecule has 1 amide bonds. The Balaban J connectivity index is 3.49. The van der Waals surface area contributed by atoms with E-state index < -0.39 is 12.1 Å². The Bertz CT molecular complexity index is 1090. The number of esters is 1. The molecule has 0 saturated heterocycles. The van der Waals surface area contributed by atoms with E-state index in [0.29, 0.717) is 19.4 Å². The maximum atomic E-state index is 12.5. The highest BCUT2D eigenvalue weighted by molar-refractivity contribution is 5.76. The van der Waals surface area contributed by atoms with Crippen LogP contribution in [0.2, 0.25) is 0 Å². The molecule has 2 unspecified atom stereocenters. The van der Waals surface area contributed by atoms with Crippen LogP contribution in [0.4, 0.5) is 0 Å². The minimum atomic E-state index is -0.856. The Hall–Kier alpha value is -1.92. The molecule has 0 rings (SSSR count). The molecule has 6 nitrogen and oxygen atoms in total. The number of nitrogens with one attached hydrogen (secondary N) is 1. The van der Waals surface area contributed by atoms with Crippen LogP contribution in [0.25, 0.3) is 0 Å². The number of aliphatic hydroxyl groups excluding tert-OH is 2. The molecular formula is C61H115NO5. The third-order valence-corrected chi connectivity index (χ3v) is 13.7. The van der Waals surface area contributed by atoms with E-state index in [1.165, 1.54) is 225 Å².